The lowest BCUT2D eigenvalue weighted by Gasteiger charge is -2.38. The van der Waals surface area contributed by atoms with E-state index in [0.29, 0.717) is 38.2 Å². The minimum Gasteiger partial charge on any atom is -0.448 e. The molecule has 1 saturated heterocycles. The van der Waals surface area contributed by atoms with E-state index in [-0.39, 0.29) is 23.6 Å². The Balaban J connectivity index is 1.08. The molecule has 5 aromatic carbocycles. The van der Waals surface area contributed by atoms with Gasteiger partial charge in [-0.05, 0) is 59.4 Å². The van der Waals surface area contributed by atoms with Crippen LogP contribution < -0.4 is 4.31 Å². The van der Waals surface area contributed by atoms with E-state index in [0.717, 1.165) is 24.2 Å². The third-order valence-corrected chi connectivity index (χ3v) is 10.6. The zero-order chi connectivity index (χ0) is 33.2. The molecule has 0 spiro atoms. The Bertz CT molecular complexity index is 1790. The van der Waals surface area contributed by atoms with Gasteiger partial charge in [0.2, 0.25) is 0 Å². The Morgan fingerprint density at radius 2 is 1.12 bits per heavy atom. The monoisotopic (exact) mass is 659 g/mol. The number of benzene rings is 5. The van der Waals surface area contributed by atoms with Crippen molar-refractivity contribution in [2.75, 3.05) is 30.5 Å². The summed E-state index contributed by atoms with van der Waals surface area (Å²) >= 11 is 0. The zero-order valence-corrected chi connectivity index (χ0v) is 27.8. The number of hydrogen-bond donors (Lipinski definition) is 0. The maximum atomic E-state index is 14.2. The van der Waals surface area contributed by atoms with Crippen molar-refractivity contribution in [2.45, 2.75) is 36.9 Å². The summed E-state index contributed by atoms with van der Waals surface area (Å²) in [5.74, 6) is 0. The molecular weight excluding hydrogens is 619 g/mol. The van der Waals surface area contributed by atoms with Gasteiger partial charge in [-0.15, -0.1) is 0 Å². The molecule has 8 heteroatoms. The molecule has 0 aliphatic carbocycles. The summed E-state index contributed by atoms with van der Waals surface area (Å²) in [6, 6.07) is 46.4. The highest BCUT2D eigenvalue weighted by atomic mass is 32.2. The number of nitrogens with zero attached hydrogens (tertiary/aromatic N) is 3. The average molecular weight is 660 g/mol. The fourth-order valence-electron chi connectivity index (χ4n) is 6.22. The van der Waals surface area contributed by atoms with Crippen LogP contribution in [-0.4, -0.2) is 56.6 Å². The Kier molecular flexibility index (Phi) is 10.8. The fraction of sp³-hybridized carbons (Fsp3) is 0.225. The first kappa shape index (κ1) is 33.0. The highest BCUT2D eigenvalue weighted by Crippen LogP contribution is 2.31. The number of amides is 1. The molecule has 7 nitrogen and oxygen atoms in total. The van der Waals surface area contributed by atoms with Crippen molar-refractivity contribution >= 4 is 21.8 Å². The molecule has 0 bridgehead atoms. The van der Waals surface area contributed by atoms with E-state index in [1.807, 2.05) is 109 Å². The maximum Gasteiger partial charge on any atom is 0.409 e. The first-order chi connectivity index (χ1) is 23.5. The van der Waals surface area contributed by atoms with Crippen LogP contribution in [0.5, 0.6) is 0 Å². The van der Waals surface area contributed by atoms with Gasteiger partial charge in [0.05, 0.1) is 10.6 Å². The van der Waals surface area contributed by atoms with Crippen molar-refractivity contribution in [1.82, 2.24) is 9.80 Å². The van der Waals surface area contributed by atoms with E-state index in [4.69, 9.17) is 4.74 Å². The van der Waals surface area contributed by atoms with Gasteiger partial charge >= 0.3 is 6.09 Å². The second kappa shape index (κ2) is 15.8. The van der Waals surface area contributed by atoms with Crippen LogP contribution in [0.3, 0.4) is 0 Å². The lowest BCUT2D eigenvalue weighted by atomic mass is 10.0. The molecule has 1 amide bonds. The van der Waals surface area contributed by atoms with Crippen LogP contribution in [0.25, 0.3) is 11.1 Å². The number of para-hydroxylation sites is 1. The number of ether oxygens (including phenoxy) is 1. The number of sulfonamides is 1. The van der Waals surface area contributed by atoms with Crippen LogP contribution in [-0.2, 0) is 27.8 Å². The maximum absolute atomic E-state index is 14.2. The van der Waals surface area contributed by atoms with E-state index in [9.17, 15) is 13.2 Å². The Hall–Kier alpha value is -4.92. The zero-order valence-electron chi connectivity index (χ0n) is 27.0. The molecule has 1 heterocycles. The van der Waals surface area contributed by atoms with Crippen molar-refractivity contribution in [1.29, 1.82) is 0 Å². The first-order valence-electron chi connectivity index (χ1n) is 16.4. The smallest absolute Gasteiger partial charge is 0.409 e. The first-order valence-corrected chi connectivity index (χ1v) is 17.9. The molecule has 0 radical (unpaired) electrons. The number of carbonyl (C=O) groups is 1. The molecule has 1 aliphatic rings. The number of piperidine rings is 1. The summed E-state index contributed by atoms with van der Waals surface area (Å²) in [5, 5.41) is 0. The molecule has 48 heavy (non-hydrogen) atoms. The number of hydrogen-bond acceptors (Lipinski definition) is 5. The van der Waals surface area contributed by atoms with Crippen molar-refractivity contribution in [3.63, 3.8) is 0 Å². The van der Waals surface area contributed by atoms with Crippen molar-refractivity contribution in [3.05, 3.63) is 157 Å². The van der Waals surface area contributed by atoms with E-state index in [2.05, 4.69) is 29.2 Å². The van der Waals surface area contributed by atoms with Gasteiger partial charge in [-0.25, -0.2) is 13.2 Å². The van der Waals surface area contributed by atoms with Gasteiger partial charge < -0.3 is 9.64 Å². The summed E-state index contributed by atoms with van der Waals surface area (Å²) in [6.07, 6.45) is 0.636. The average Bonchev–Trinajstić information content (AvgIpc) is 3.13. The standard InChI is InChI=1S/C40H41N3O4S/c44-40(47-30-29-41(31-33-13-5-1-6-14-33)32-34-15-7-2-8-16-34)42-27-25-38(26-28-42)43(37-19-11-4-12-20-37)48(45,46)39-23-21-36(22-24-39)35-17-9-3-10-18-35/h1-24,38H,25-32H2. The molecule has 0 N–H and O–H groups in total. The van der Waals surface area contributed by atoms with Gasteiger partial charge in [-0.2, -0.15) is 0 Å². The van der Waals surface area contributed by atoms with Crippen molar-refractivity contribution in [3.8, 4) is 11.1 Å². The number of rotatable bonds is 12. The van der Waals surface area contributed by atoms with Gasteiger partial charge in [0, 0.05) is 38.8 Å². The largest absolute Gasteiger partial charge is 0.448 e. The van der Waals surface area contributed by atoms with Crippen LogP contribution >= 0.6 is 0 Å². The lowest BCUT2D eigenvalue weighted by Crippen LogP contribution is -2.49. The van der Waals surface area contributed by atoms with Crippen LogP contribution in [0.1, 0.15) is 24.0 Å². The third kappa shape index (κ3) is 8.32. The summed E-state index contributed by atoms with van der Waals surface area (Å²) in [4.78, 5) is 17.4. The van der Waals surface area contributed by atoms with E-state index in [1.54, 1.807) is 17.0 Å². The lowest BCUT2D eigenvalue weighted by molar-refractivity contribution is 0.0806. The highest BCUT2D eigenvalue weighted by Gasteiger charge is 2.35. The molecule has 0 saturated carbocycles. The molecule has 1 aliphatic heterocycles. The number of likely N-dealkylation sites (tertiary alicyclic amines) is 1. The number of carbonyl (C=O) groups excluding carboxylic acids is 1. The number of anilines is 1. The normalized spacial score (nSPS) is 13.7. The van der Waals surface area contributed by atoms with Gasteiger partial charge in [0.15, 0.2) is 0 Å². The predicted molar refractivity (Wildman–Crippen MR) is 191 cm³/mol. The Morgan fingerprint density at radius 1 is 0.646 bits per heavy atom. The molecule has 0 unspecified atom stereocenters. The van der Waals surface area contributed by atoms with Crippen LogP contribution in [0.2, 0.25) is 0 Å². The topological polar surface area (TPSA) is 70.2 Å². The van der Waals surface area contributed by atoms with Crippen LogP contribution in [0, 0.1) is 0 Å². The quantitative estimate of drug-likeness (QED) is 0.136. The SMILES string of the molecule is O=C(OCCN(Cc1ccccc1)Cc1ccccc1)N1CCC(N(c2ccccc2)S(=O)(=O)c2ccc(-c3ccccc3)cc2)CC1. The molecule has 1 fully saturated rings. The molecule has 0 atom stereocenters. The highest BCUT2D eigenvalue weighted by molar-refractivity contribution is 7.92. The third-order valence-electron chi connectivity index (χ3n) is 8.71. The second-order valence-electron chi connectivity index (χ2n) is 12.0. The fourth-order valence-corrected chi connectivity index (χ4v) is 7.93. The minimum atomic E-state index is -3.87. The van der Waals surface area contributed by atoms with Gasteiger partial charge in [0.1, 0.15) is 6.61 Å². The predicted octanol–water partition coefficient (Wildman–Crippen LogP) is 7.85. The van der Waals surface area contributed by atoms with E-state index >= 15 is 0 Å². The van der Waals surface area contributed by atoms with Gasteiger partial charge in [-0.3, -0.25) is 9.21 Å². The summed E-state index contributed by atoms with van der Waals surface area (Å²) in [5.41, 5.74) is 5.00. The van der Waals surface area contributed by atoms with E-state index < -0.39 is 10.0 Å². The van der Waals surface area contributed by atoms with Crippen molar-refractivity contribution < 1.29 is 17.9 Å². The second-order valence-corrected chi connectivity index (χ2v) is 13.9. The Labute approximate surface area is 284 Å². The van der Waals surface area contributed by atoms with Crippen molar-refractivity contribution in [2.24, 2.45) is 0 Å². The van der Waals surface area contributed by atoms with Crippen LogP contribution in [0.15, 0.2) is 150 Å². The van der Waals surface area contributed by atoms with E-state index in [1.165, 1.54) is 15.4 Å². The summed E-state index contributed by atoms with van der Waals surface area (Å²) in [7, 11) is -3.87. The molecule has 6 rings (SSSR count). The summed E-state index contributed by atoms with van der Waals surface area (Å²) < 4.78 is 35.7. The molecule has 5 aromatic rings. The van der Waals surface area contributed by atoms with Crippen LogP contribution in [0.4, 0.5) is 10.5 Å². The van der Waals surface area contributed by atoms with Gasteiger partial charge in [0.25, 0.3) is 10.0 Å². The molecule has 246 valence electrons. The van der Waals surface area contributed by atoms with Gasteiger partial charge in [-0.1, -0.05) is 121 Å². The molecular formula is C40H41N3O4S. The Morgan fingerprint density at radius 3 is 1.67 bits per heavy atom. The molecule has 0 aromatic heterocycles. The summed E-state index contributed by atoms with van der Waals surface area (Å²) in [6.45, 7) is 3.17. The minimum absolute atomic E-state index is 0.239.